The molecule has 0 unspecified atom stereocenters. The van der Waals surface area contributed by atoms with Crippen LogP contribution in [-0.2, 0) is 19.1 Å². The molecule has 6 rings (SSSR count). The van der Waals surface area contributed by atoms with E-state index < -0.39 is 53.1 Å². The summed E-state index contributed by atoms with van der Waals surface area (Å²) in [4.78, 5) is 56.2. The molecule has 50 heavy (non-hydrogen) atoms. The molecular weight excluding hydrogens is 642 g/mol. The Hall–Kier alpha value is -5.27. The van der Waals surface area contributed by atoms with Crippen LogP contribution in [-0.4, -0.2) is 83.9 Å². The van der Waals surface area contributed by atoms with Crippen molar-refractivity contribution in [2.24, 2.45) is 5.92 Å². The lowest BCUT2D eigenvalue weighted by Gasteiger charge is -2.30. The lowest BCUT2D eigenvalue weighted by atomic mass is 10.0. The van der Waals surface area contributed by atoms with Gasteiger partial charge in [0.05, 0.1) is 6.04 Å². The molecule has 3 aromatic rings. The van der Waals surface area contributed by atoms with Gasteiger partial charge < -0.3 is 30.1 Å². The lowest BCUT2D eigenvalue weighted by molar-refractivity contribution is -0.145. The molecule has 2 fully saturated rings. The largest absolute Gasteiger partial charge is 0.479 e. The first-order valence-corrected chi connectivity index (χ1v) is 17.1. The van der Waals surface area contributed by atoms with Crippen molar-refractivity contribution in [3.05, 3.63) is 66.7 Å². The number of carbonyl (C=O) groups excluding carboxylic acids is 3. The van der Waals surface area contributed by atoms with Gasteiger partial charge in [0.1, 0.15) is 34.7 Å². The van der Waals surface area contributed by atoms with Gasteiger partial charge in [-0.25, -0.2) is 9.59 Å². The normalized spacial score (nSPS) is 25.7. The predicted octanol–water partition coefficient (Wildman–Crippen LogP) is 4.65. The fourth-order valence-corrected chi connectivity index (χ4v) is 6.49. The van der Waals surface area contributed by atoms with Crippen LogP contribution in [0.3, 0.4) is 0 Å². The first-order chi connectivity index (χ1) is 23.9. The summed E-state index contributed by atoms with van der Waals surface area (Å²) in [5, 5.41) is 28.8. The van der Waals surface area contributed by atoms with E-state index in [4.69, 9.17) is 9.47 Å². The third-order valence-electron chi connectivity index (χ3n) is 9.17. The van der Waals surface area contributed by atoms with Crippen molar-refractivity contribution >= 4 is 23.9 Å². The Bertz CT molecular complexity index is 1740. The first-order valence-electron chi connectivity index (χ1n) is 17.1. The highest BCUT2D eigenvalue weighted by atomic mass is 16.6. The van der Waals surface area contributed by atoms with Gasteiger partial charge in [0.2, 0.25) is 17.6 Å². The molecule has 0 bridgehead atoms. The summed E-state index contributed by atoms with van der Waals surface area (Å²) in [7, 11) is 0. The molecule has 264 valence electrons. The van der Waals surface area contributed by atoms with Gasteiger partial charge in [0, 0.05) is 24.4 Å². The maximum absolute atomic E-state index is 14.3. The fraction of sp³-hybridized carbons (Fsp3) is 0.472. The van der Waals surface area contributed by atoms with Crippen LogP contribution in [0, 0.1) is 5.92 Å². The summed E-state index contributed by atoms with van der Waals surface area (Å²) in [6.45, 7) is 5.25. The Morgan fingerprint density at radius 2 is 1.76 bits per heavy atom. The molecule has 0 radical (unpaired) electrons. The number of nitrogens with one attached hydrogen (secondary N) is 2. The summed E-state index contributed by atoms with van der Waals surface area (Å²) in [6, 6.07) is 14.1. The van der Waals surface area contributed by atoms with Crippen molar-refractivity contribution in [1.29, 1.82) is 0 Å². The van der Waals surface area contributed by atoms with Crippen LogP contribution in [0.2, 0.25) is 0 Å². The second kappa shape index (κ2) is 14.3. The third kappa shape index (κ3) is 7.95. The van der Waals surface area contributed by atoms with Gasteiger partial charge in [0.25, 0.3) is 0 Å². The van der Waals surface area contributed by atoms with E-state index in [1.54, 1.807) is 32.9 Å². The molecule has 1 saturated carbocycles. The lowest BCUT2D eigenvalue weighted by Crippen LogP contribution is -2.56. The molecule has 0 spiro atoms. The highest BCUT2D eigenvalue weighted by molar-refractivity contribution is 5.96. The van der Waals surface area contributed by atoms with E-state index in [2.05, 4.69) is 26.0 Å². The van der Waals surface area contributed by atoms with Crippen molar-refractivity contribution in [2.75, 3.05) is 6.54 Å². The topological polar surface area (TPSA) is 178 Å². The van der Waals surface area contributed by atoms with Crippen LogP contribution in [0.4, 0.5) is 4.79 Å². The van der Waals surface area contributed by atoms with Crippen LogP contribution in [0.1, 0.15) is 71.8 Å². The number of fused-ring (bicyclic) bond motifs is 2. The molecule has 2 aromatic carbocycles. The van der Waals surface area contributed by atoms with Gasteiger partial charge in [0.15, 0.2) is 0 Å². The highest BCUT2D eigenvalue weighted by Crippen LogP contribution is 2.45. The van der Waals surface area contributed by atoms with E-state index in [-0.39, 0.29) is 25.3 Å². The van der Waals surface area contributed by atoms with Gasteiger partial charge >= 0.3 is 12.1 Å². The number of para-hydroxylation sites is 1. The molecular formula is C36H43N7O7. The monoisotopic (exact) mass is 685 g/mol. The van der Waals surface area contributed by atoms with Gasteiger partial charge in [-0.2, -0.15) is 4.80 Å². The molecule has 2 aliphatic heterocycles. The number of ether oxygens (including phenoxy) is 2. The number of hydrogen-bond donors (Lipinski definition) is 3. The minimum absolute atomic E-state index is 0.0481. The number of aromatic nitrogens is 4. The standard InChI is InChI=1S/C36H43N7O7/c1-35(2,3)50-34(48)37-28-15-11-6-4-5-8-12-24-21-36(24,33(46)47)38-31(44)29-20-25(22-42(29)32(28)45)43-40-30(39-41-43)23-16-18-27(19-17-23)49-26-13-9-7-10-14-26/h7-10,12-14,16-19,24-25,28-29H,4-6,11,15,20-22H2,1-3H3,(H,37,48)(H,38,44)(H,46,47)/t24-,25+,28-,29+,36+/m1/s1. The molecule has 3 aliphatic rings. The van der Waals surface area contributed by atoms with E-state index in [1.807, 2.05) is 54.6 Å². The van der Waals surface area contributed by atoms with Crippen molar-refractivity contribution in [2.45, 2.75) is 95.0 Å². The molecule has 1 aliphatic carbocycles. The van der Waals surface area contributed by atoms with Gasteiger partial charge in [-0.15, -0.1) is 10.2 Å². The van der Waals surface area contributed by atoms with E-state index in [0.29, 0.717) is 35.7 Å². The summed E-state index contributed by atoms with van der Waals surface area (Å²) >= 11 is 0. The van der Waals surface area contributed by atoms with Crippen LogP contribution in [0.15, 0.2) is 66.7 Å². The van der Waals surface area contributed by atoms with Gasteiger partial charge in [-0.3, -0.25) is 9.59 Å². The number of carbonyl (C=O) groups is 4. The van der Waals surface area contributed by atoms with Crippen LogP contribution >= 0.6 is 0 Å². The quantitative estimate of drug-likeness (QED) is 0.310. The molecule has 14 heteroatoms. The Morgan fingerprint density at radius 3 is 2.48 bits per heavy atom. The number of amides is 3. The number of benzene rings is 2. The Labute approximate surface area is 290 Å². The number of rotatable bonds is 6. The fourth-order valence-electron chi connectivity index (χ4n) is 6.49. The van der Waals surface area contributed by atoms with Crippen molar-refractivity contribution in [3.63, 3.8) is 0 Å². The minimum Gasteiger partial charge on any atom is -0.479 e. The maximum Gasteiger partial charge on any atom is 0.408 e. The Morgan fingerprint density at radius 1 is 1.02 bits per heavy atom. The zero-order valence-electron chi connectivity index (χ0n) is 28.4. The number of tetrazole rings is 1. The number of allylic oxidation sites excluding steroid dienone is 1. The number of hydrogen-bond acceptors (Lipinski definition) is 9. The van der Waals surface area contributed by atoms with Crippen molar-refractivity contribution in [3.8, 4) is 22.9 Å². The summed E-state index contributed by atoms with van der Waals surface area (Å²) in [5.41, 5.74) is -1.53. The summed E-state index contributed by atoms with van der Waals surface area (Å²) in [5.74, 6) is -0.821. The predicted molar refractivity (Wildman–Crippen MR) is 181 cm³/mol. The van der Waals surface area contributed by atoms with Crippen molar-refractivity contribution in [1.82, 2.24) is 35.7 Å². The van der Waals surface area contributed by atoms with E-state index >= 15 is 0 Å². The van der Waals surface area contributed by atoms with Crippen LogP contribution in [0.5, 0.6) is 11.5 Å². The first kappa shape index (κ1) is 34.6. The summed E-state index contributed by atoms with van der Waals surface area (Å²) < 4.78 is 11.3. The van der Waals surface area contributed by atoms with E-state index in [0.717, 1.165) is 19.3 Å². The number of aliphatic carboxylic acids is 1. The minimum atomic E-state index is -1.44. The Balaban J connectivity index is 1.24. The second-order valence-corrected chi connectivity index (χ2v) is 14.1. The zero-order chi connectivity index (χ0) is 35.5. The average Bonchev–Trinajstić information content (AvgIpc) is 3.37. The van der Waals surface area contributed by atoms with Crippen LogP contribution in [0.25, 0.3) is 11.4 Å². The second-order valence-electron chi connectivity index (χ2n) is 14.1. The molecule has 5 atom stereocenters. The highest BCUT2D eigenvalue weighted by Gasteiger charge is 2.61. The number of carboxylic acid groups (broad SMARTS) is 1. The molecule has 1 saturated heterocycles. The molecule has 3 amide bonds. The third-order valence-corrected chi connectivity index (χ3v) is 9.17. The zero-order valence-corrected chi connectivity index (χ0v) is 28.4. The number of carboxylic acids is 1. The summed E-state index contributed by atoms with van der Waals surface area (Å²) in [6.07, 6.45) is 6.84. The average molecular weight is 686 g/mol. The van der Waals surface area contributed by atoms with Crippen LogP contribution < -0.4 is 15.4 Å². The number of nitrogens with zero attached hydrogens (tertiary/aromatic N) is 5. The molecule has 1 aromatic heterocycles. The van der Waals surface area contributed by atoms with E-state index in [9.17, 15) is 24.3 Å². The molecule has 3 N–H and O–H groups in total. The van der Waals surface area contributed by atoms with Gasteiger partial charge in [-0.1, -0.05) is 43.2 Å². The molecule has 14 nitrogen and oxygen atoms in total. The smallest absolute Gasteiger partial charge is 0.408 e. The maximum atomic E-state index is 14.3. The SMILES string of the molecule is CC(C)(C)OC(=O)N[C@@H]1CCCCCC=C[C@@H]2C[C@]2(C(=O)O)NC(=O)[C@@H]2C[C@H](n3nnc(-c4ccc(Oc5ccccc5)cc4)n3)CN2C1=O. The number of alkyl carbamates (subject to hydrolysis) is 1. The van der Waals surface area contributed by atoms with Gasteiger partial charge in [-0.05, 0) is 88.1 Å². The molecule has 3 heterocycles. The Kier molecular flexibility index (Phi) is 9.89. The van der Waals surface area contributed by atoms with Crippen molar-refractivity contribution < 1.29 is 33.8 Å². The van der Waals surface area contributed by atoms with E-state index in [1.165, 1.54) is 9.70 Å².